The zero-order chi connectivity index (χ0) is 26.3. The van der Waals surface area contributed by atoms with Gasteiger partial charge in [-0.3, -0.25) is 14.2 Å². The van der Waals surface area contributed by atoms with E-state index in [-0.39, 0.29) is 11.4 Å². The molecule has 1 heterocycles. The molecule has 35 heavy (non-hydrogen) atoms. The summed E-state index contributed by atoms with van der Waals surface area (Å²) >= 11 is 0. The molecular formula is C25H39N5O5. The Morgan fingerprint density at radius 2 is 1.14 bits per heavy atom. The number of hydrogen-bond donors (Lipinski definition) is 2. The Balaban J connectivity index is 2.53. The minimum Gasteiger partial charge on any atom is -0.503 e. The zero-order valence-corrected chi connectivity index (χ0v) is 21.9. The largest absolute Gasteiger partial charge is 0.503 e. The number of carbonyl (C=O) groups excluding carboxylic acids is 2. The molecule has 1 aromatic carbocycles. The number of carbonyl (C=O) groups is 2. The highest BCUT2D eigenvalue weighted by Crippen LogP contribution is 2.39. The lowest BCUT2D eigenvalue weighted by atomic mass is 10.2. The third-order valence-electron chi connectivity index (χ3n) is 5.75. The predicted octanol–water partition coefficient (Wildman–Crippen LogP) is 1.94. The van der Waals surface area contributed by atoms with E-state index in [9.17, 15) is 19.8 Å². The van der Waals surface area contributed by atoms with Gasteiger partial charge in [-0.15, -0.1) is 0 Å². The molecular weight excluding hydrogens is 450 g/mol. The monoisotopic (exact) mass is 489 g/mol. The topological polar surface area (TPSA) is 102 Å². The maximum Gasteiger partial charge on any atom is 0.274 e. The molecule has 0 saturated carbocycles. The van der Waals surface area contributed by atoms with Crippen LogP contribution in [0.25, 0.3) is 5.69 Å². The van der Waals surface area contributed by atoms with Crippen LogP contribution in [0.4, 0.5) is 0 Å². The van der Waals surface area contributed by atoms with Gasteiger partial charge in [-0.2, -0.15) is 0 Å². The number of rotatable bonds is 12. The van der Waals surface area contributed by atoms with Gasteiger partial charge < -0.3 is 34.5 Å². The van der Waals surface area contributed by atoms with E-state index in [0.717, 1.165) is 25.9 Å². The maximum atomic E-state index is 13.4. The molecule has 0 bridgehead atoms. The molecule has 10 nitrogen and oxygen atoms in total. The van der Waals surface area contributed by atoms with Crippen molar-refractivity contribution >= 4 is 11.8 Å². The summed E-state index contributed by atoms with van der Waals surface area (Å²) in [7, 11) is 12.6. The van der Waals surface area contributed by atoms with Crippen molar-refractivity contribution < 1.29 is 24.5 Å². The van der Waals surface area contributed by atoms with E-state index in [4.69, 9.17) is 4.74 Å². The van der Waals surface area contributed by atoms with Gasteiger partial charge in [-0.25, -0.2) is 0 Å². The van der Waals surface area contributed by atoms with E-state index < -0.39 is 23.3 Å². The van der Waals surface area contributed by atoms with Crippen LogP contribution in [-0.4, -0.2) is 122 Å². The molecule has 10 heteroatoms. The van der Waals surface area contributed by atoms with Gasteiger partial charge in [0.2, 0.25) is 0 Å². The summed E-state index contributed by atoms with van der Waals surface area (Å²) in [6, 6.07) is 6.72. The summed E-state index contributed by atoms with van der Waals surface area (Å²) in [5, 5.41) is 21.7. The molecule has 0 radical (unpaired) electrons. The molecule has 0 saturated heterocycles. The first kappa shape index (κ1) is 28.0. The number of amides is 2. The Kier molecular flexibility index (Phi) is 9.97. The molecule has 0 aliphatic heterocycles. The maximum absolute atomic E-state index is 13.4. The molecule has 0 aliphatic rings. The number of ether oxygens (including phenoxy) is 1. The first-order chi connectivity index (χ1) is 16.5. The van der Waals surface area contributed by atoms with Gasteiger partial charge in [0.1, 0.15) is 5.75 Å². The smallest absolute Gasteiger partial charge is 0.274 e. The molecule has 1 aromatic heterocycles. The Morgan fingerprint density at radius 3 is 1.49 bits per heavy atom. The summed E-state index contributed by atoms with van der Waals surface area (Å²) in [4.78, 5) is 33.9. The van der Waals surface area contributed by atoms with Crippen LogP contribution in [0.3, 0.4) is 0 Å². The number of hydrogen-bond acceptors (Lipinski definition) is 7. The van der Waals surface area contributed by atoms with Crippen molar-refractivity contribution in [2.45, 2.75) is 12.8 Å². The second-order valence-electron chi connectivity index (χ2n) is 9.19. The molecule has 2 amide bonds. The van der Waals surface area contributed by atoms with Crippen molar-refractivity contribution in [1.29, 1.82) is 0 Å². The average Bonchev–Trinajstić information content (AvgIpc) is 3.07. The third-order valence-corrected chi connectivity index (χ3v) is 5.75. The standard InChI is InChI=1S/C25H39N5O5/c1-26(2)14-8-16-28(5)24(33)20-22(31)23(32)21(25(34)29(6)17-9-15-27(3)4)30(20)18-10-12-19(35-7)13-11-18/h10-13,31-32H,8-9,14-17H2,1-7H3. The lowest BCUT2D eigenvalue weighted by Gasteiger charge is -2.22. The van der Waals surface area contributed by atoms with Gasteiger partial charge in [-0.1, -0.05) is 0 Å². The second kappa shape index (κ2) is 12.5. The molecule has 2 N–H and O–H groups in total. The minimum atomic E-state index is -0.615. The van der Waals surface area contributed by atoms with Crippen LogP contribution in [0.1, 0.15) is 33.8 Å². The number of aromatic nitrogens is 1. The Hall–Kier alpha value is -3.24. The van der Waals surface area contributed by atoms with Crippen molar-refractivity contribution in [2.24, 2.45) is 0 Å². The van der Waals surface area contributed by atoms with Crippen LogP contribution in [0.2, 0.25) is 0 Å². The van der Waals surface area contributed by atoms with Gasteiger partial charge in [0.15, 0.2) is 22.9 Å². The van der Waals surface area contributed by atoms with E-state index in [1.165, 1.54) is 21.5 Å². The molecule has 194 valence electrons. The van der Waals surface area contributed by atoms with Crippen molar-refractivity contribution in [3.63, 3.8) is 0 Å². The fraction of sp³-hybridized carbons (Fsp3) is 0.520. The van der Waals surface area contributed by atoms with Crippen LogP contribution in [0, 0.1) is 0 Å². The molecule has 0 spiro atoms. The quantitative estimate of drug-likeness (QED) is 0.470. The highest BCUT2D eigenvalue weighted by atomic mass is 16.5. The summed E-state index contributed by atoms with van der Waals surface area (Å²) in [5.74, 6) is -1.63. The van der Waals surface area contributed by atoms with Crippen LogP contribution in [-0.2, 0) is 0 Å². The molecule has 0 atom stereocenters. The van der Waals surface area contributed by atoms with E-state index in [1.54, 1.807) is 38.4 Å². The van der Waals surface area contributed by atoms with Gasteiger partial charge >= 0.3 is 0 Å². The highest BCUT2D eigenvalue weighted by Gasteiger charge is 2.34. The zero-order valence-electron chi connectivity index (χ0n) is 21.9. The molecule has 2 aromatic rings. The van der Waals surface area contributed by atoms with Crippen LogP contribution < -0.4 is 4.74 Å². The fourth-order valence-electron chi connectivity index (χ4n) is 3.74. The molecule has 2 rings (SSSR count). The first-order valence-electron chi connectivity index (χ1n) is 11.6. The van der Waals surface area contributed by atoms with E-state index in [0.29, 0.717) is 24.5 Å². The molecule has 0 unspecified atom stereocenters. The van der Waals surface area contributed by atoms with Gasteiger partial charge in [0.05, 0.1) is 7.11 Å². The van der Waals surface area contributed by atoms with E-state index in [1.807, 2.05) is 38.0 Å². The van der Waals surface area contributed by atoms with Gasteiger partial charge in [0.25, 0.3) is 11.8 Å². The number of aromatic hydroxyl groups is 2. The summed E-state index contributed by atoms with van der Waals surface area (Å²) < 4.78 is 6.56. The SMILES string of the molecule is COc1ccc(-n2c(C(=O)N(C)CCCN(C)C)c(O)c(O)c2C(=O)N(C)CCCN(C)C)cc1. The Labute approximate surface area is 207 Å². The van der Waals surface area contributed by atoms with E-state index >= 15 is 0 Å². The summed E-state index contributed by atoms with van der Waals surface area (Å²) in [6.45, 7) is 2.46. The lowest BCUT2D eigenvalue weighted by molar-refractivity contribution is 0.0774. The van der Waals surface area contributed by atoms with Crippen molar-refractivity contribution in [3.05, 3.63) is 35.7 Å². The normalized spacial score (nSPS) is 11.2. The van der Waals surface area contributed by atoms with Gasteiger partial charge in [-0.05, 0) is 78.4 Å². The van der Waals surface area contributed by atoms with Crippen LogP contribution in [0.15, 0.2) is 24.3 Å². The van der Waals surface area contributed by atoms with E-state index in [2.05, 4.69) is 0 Å². The predicted molar refractivity (Wildman–Crippen MR) is 136 cm³/mol. The Bertz CT molecular complexity index is 945. The highest BCUT2D eigenvalue weighted by molar-refractivity contribution is 6.04. The third kappa shape index (κ3) is 6.89. The molecule has 0 aliphatic carbocycles. The van der Waals surface area contributed by atoms with Crippen LogP contribution in [0.5, 0.6) is 17.2 Å². The minimum absolute atomic E-state index is 0.162. The van der Waals surface area contributed by atoms with Crippen molar-refractivity contribution in [2.75, 3.05) is 75.6 Å². The second-order valence-corrected chi connectivity index (χ2v) is 9.19. The number of benzene rings is 1. The molecule has 0 fully saturated rings. The average molecular weight is 490 g/mol. The first-order valence-corrected chi connectivity index (χ1v) is 11.6. The fourth-order valence-corrected chi connectivity index (χ4v) is 3.74. The van der Waals surface area contributed by atoms with Gasteiger partial charge in [0, 0.05) is 32.9 Å². The summed E-state index contributed by atoms with van der Waals surface area (Å²) in [6.07, 6.45) is 1.46. The van der Waals surface area contributed by atoms with Crippen molar-refractivity contribution in [3.8, 4) is 22.9 Å². The van der Waals surface area contributed by atoms with Crippen LogP contribution >= 0.6 is 0 Å². The number of methoxy groups -OCH3 is 1. The lowest BCUT2D eigenvalue weighted by Crippen LogP contribution is -2.33. The Morgan fingerprint density at radius 1 is 0.743 bits per heavy atom. The number of nitrogens with zero attached hydrogens (tertiary/aromatic N) is 5. The summed E-state index contributed by atoms with van der Waals surface area (Å²) in [5.41, 5.74) is 0.117. The van der Waals surface area contributed by atoms with Crippen molar-refractivity contribution in [1.82, 2.24) is 24.2 Å².